The Labute approximate surface area is 227 Å². The number of nitrogens with zero attached hydrogens (tertiary/aromatic N) is 7. The maximum absolute atomic E-state index is 9.41. The van der Waals surface area contributed by atoms with Crippen molar-refractivity contribution in [3.63, 3.8) is 0 Å². The molecule has 0 bridgehead atoms. The highest BCUT2D eigenvalue weighted by Gasteiger charge is 2.30. The van der Waals surface area contributed by atoms with Crippen LogP contribution in [0.1, 0.15) is 19.0 Å². The number of hydrogen-bond acceptors (Lipinski definition) is 10. The highest BCUT2D eigenvalue weighted by atomic mass is 16.5. The molecule has 0 spiro atoms. The molecule has 5 rings (SSSR count). The minimum atomic E-state index is -0.0452. The van der Waals surface area contributed by atoms with Gasteiger partial charge in [0.15, 0.2) is 11.5 Å². The largest absolute Gasteiger partial charge is 0.489 e. The van der Waals surface area contributed by atoms with Gasteiger partial charge in [0.1, 0.15) is 23.8 Å². The van der Waals surface area contributed by atoms with Crippen molar-refractivity contribution in [3.8, 4) is 0 Å². The van der Waals surface area contributed by atoms with Crippen molar-refractivity contribution >= 4 is 29.7 Å². The van der Waals surface area contributed by atoms with Crippen LogP contribution in [0.15, 0.2) is 70.2 Å². The van der Waals surface area contributed by atoms with E-state index >= 15 is 0 Å². The maximum Gasteiger partial charge on any atom is 0.180 e. The van der Waals surface area contributed by atoms with E-state index in [4.69, 9.17) is 20.2 Å². The lowest BCUT2D eigenvalue weighted by Crippen LogP contribution is -2.56. The molecule has 3 aliphatic rings. The summed E-state index contributed by atoms with van der Waals surface area (Å²) in [7, 11) is 0. The van der Waals surface area contributed by atoms with E-state index in [9.17, 15) is 5.11 Å². The highest BCUT2D eigenvalue weighted by molar-refractivity contribution is 5.74. The molecular weight excluding hydrogens is 498 g/mol. The number of ether oxygens (including phenoxy) is 2. The van der Waals surface area contributed by atoms with Crippen molar-refractivity contribution in [1.82, 2.24) is 24.2 Å². The molecule has 2 saturated heterocycles. The van der Waals surface area contributed by atoms with Crippen LogP contribution in [0, 0.1) is 0 Å². The first kappa shape index (κ1) is 26.6. The van der Waals surface area contributed by atoms with Crippen LogP contribution in [0.4, 0.5) is 5.82 Å². The summed E-state index contributed by atoms with van der Waals surface area (Å²) >= 11 is 0. The molecule has 0 radical (unpaired) electrons. The van der Waals surface area contributed by atoms with Gasteiger partial charge in [-0.2, -0.15) is 0 Å². The molecule has 4 heterocycles. The van der Waals surface area contributed by atoms with Crippen LogP contribution in [0.25, 0.3) is 11.3 Å². The zero-order valence-corrected chi connectivity index (χ0v) is 22.1. The average molecular weight is 534 g/mol. The van der Waals surface area contributed by atoms with E-state index in [1.165, 1.54) is 6.34 Å². The lowest BCUT2D eigenvalue weighted by Gasteiger charge is -2.43. The molecule has 0 saturated carbocycles. The molecule has 0 unspecified atom stereocenters. The summed E-state index contributed by atoms with van der Waals surface area (Å²) in [5, 5.41) is 12.9. The molecule has 2 aromatic heterocycles. The number of aliphatic imine (C=N–C) groups is 2. The van der Waals surface area contributed by atoms with Gasteiger partial charge in [0, 0.05) is 63.1 Å². The van der Waals surface area contributed by atoms with Crippen LogP contribution >= 0.6 is 0 Å². The molecule has 4 N–H and O–H groups in total. The Bertz CT molecular complexity index is 1330. The number of aromatic nitrogens is 3. The third kappa shape index (κ3) is 6.19. The van der Waals surface area contributed by atoms with E-state index in [0.29, 0.717) is 35.3 Å². The number of hydrogen-bond donors (Lipinski definition) is 3. The van der Waals surface area contributed by atoms with Crippen molar-refractivity contribution < 1.29 is 14.6 Å². The number of nitrogens with one attached hydrogen (secondary N) is 1. The molecule has 1 aliphatic carbocycles. The van der Waals surface area contributed by atoms with Crippen LogP contribution in [-0.4, -0.2) is 100 Å². The fourth-order valence-electron chi connectivity index (χ4n) is 4.72. The minimum Gasteiger partial charge on any atom is -0.489 e. The zero-order valence-electron chi connectivity index (χ0n) is 22.1. The lowest BCUT2D eigenvalue weighted by atomic mass is 10.1. The SMILES string of the molecule is CC=N/C=C(\N=CN)c1cn2ccnc2c(NC2=CC=C(N3CCN(C4COC4)CC3)C(OCCO)=CC2)n1. The van der Waals surface area contributed by atoms with Crippen LogP contribution in [0.5, 0.6) is 0 Å². The minimum absolute atomic E-state index is 0.0452. The fraction of sp³-hybridized carbons (Fsp3) is 0.407. The van der Waals surface area contributed by atoms with Crippen molar-refractivity contribution in [3.05, 3.63) is 65.9 Å². The first-order valence-electron chi connectivity index (χ1n) is 13.1. The second-order valence-corrected chi connectivity index (χ2v) is 9.26. The molecule has 0 aromatic carbocycles. The summed E-state index contributed by atoms with van der Waals surface area (Å²) < 4.78 is 13.2. The summed E-state index contributed by atoms with van der Waals surface area (Å²) in [5.41, 5.74) is 9.32. The molecular formula is C27H35N9O3. The summed E-state index contributed by atoms with van der Waals surface area (Å²) in [4.78, 5) is 22.6. The monoisotopic (exact) mass is 533 g/mol. The van der Waals surface area contributed by atoms with Gasteiger partial charge in [-0.25, -0.2) is 15.0 Å². The molecule has 12 heteroatoms. The van der Waals surface area contributed by atoms with Crippen LogP contribution < -0.4 is 11.1 Å². The summed E-state index contributed by atoms with van der Waals surface area (Å²) in [5.74, 6) is 1.35. The standard InChI is InChI=1S/C27H35N9O3/c1-2-29-15-22(31-19-28)23-16-36-8-7-30-27(36)26(33-23)32-20-3-5-24(25(6-4-20)39-14-13-37)35-11-9-34(10-12-35)21-17-38-18-21/h2-3,5-8,15-16,19,21,37H,4,9-14,17-18H2,1H3,(H2,28,31)(H,32,33)/b22-15-,29-2?. The Morgan fingerprint density at radius 2 is 2.13 bits per heavy atom. The number of anilines is 1. The number of aliphatic hydroxyl groups excluding tert-OH is 1. The fourth-order valence-corrected chi connectivity index (χ4v) is 4.72. The first-order valence-corrected chi connectivity index (χ1v) is 13.1. The van der Waals surface area contributed by atoms with Gasteiger partial charge in [-0.15, -0.1) is 0 Å². The van der Waals surface area contributed by atoms with Crippen LogP contribution in [0.3, 0.4) is 0 Å². The van der Waals surface area contributed by atoms with Crippen molar-refractivity contribution in [2.45, 2.75) is 19.4 Å². The number of nitrogens with two attached hydrogens (primary N) is 1. The second-order valence-electron chi connectivity index (χ2n) is 9.26. The number of imidazole rings is 1. The molecule has 2 aliphatic heterocycles. The van der Waals surface area contributed by atoms with Gasteiger partial charge in [0.25, 0.3) is 0 Å². The van der Waals surface area contributed by atoms with Crippen molar-refractivity contribution in [1.29, 1.82) is 0 Å². The third-order valence-corrected chi connectivity index (χ3v) is 6.82. The van der Waals surface area contributed by atoms with E-state index in [1.54, 1.807) is 18.6 Å². The normalized spacial score (nSPS) is 19.7. The van der Waals surface area contributed by atoms with Gasteiger partial charge in [0.2, 0.25) is 0 Å². The van der Waals surface area contributed by atoms with E-state index in [2.05, 4.69) is 42.2 Å². The molecule has 0 atom stereocenters. The van der Waals surface area contributed by atoms with E-state index in [0.717, 1.165) is 56.5 Å². The smallest absolute Gasteiger partial charge is 0.180 e. The Kier molecular flexibility index (Phi) is 8.66. The molecule has 2 fully saturated rings. The Morgan fingerprint density at radius 3 is 2.85 bits per heavy atom. The Balaban J connectivity index is 1.41. The molecule has 0 amide bonds. The summed E-state index contributed by atoms with van der Waals surface area (Å²) in [6.45, 7) is 7.42. The third-order valence-electron chi connectivity index (χ3n) is 6.82. The molecule has 2 aromatic rings. The Hall–Kier alpha value is -4.00. The second kappa shape index (κ2) is 12.7. The zero-order chi connectivity index (χ0) is 27.0. The van der Waals surface area contributed by atoms with E-state index in [-0.39, 0.29) is 13.2 Å². The van der Waals surface area contributed by atoms with E-state index in [1.807, 2.05) is 29.8 Å². The average Bonchev–Trinajstić information content (AvgIpc) is 3.31. The summed E-state index contributed by atoms with van der Waals surface area (Å²) in [6.07, 6.45) is 16.7. The van der Waals surface area contributed by atoms with Crippen LogP contribution in [-0.2, 0) is 9.47 Å². The number of fused-ring (bicyclic) bond motifs is 1. The first-order chi connectivity index (χ1) is 19.2. The predicted octanol–water partition coefficient (Wildman–Crippen LogP) is 1.60. The maximum atomic E-state index is 9.41. The molecule has 12 nitrogen and oxygen atoms in total. The van der Waals surface area contributed by atoms with Crippen LogP contribution in [0.2, 0.25) is 0 Å². The molecule has 206 valence electrons. The number of aliphatic hydroxyl groups is 1. The number of allylic oxidation sites excluding steroid dienone is 3. The Morgan fingerprint density at radius 1 is 1.28 bits per heavy atom. The van der Waals surface area contributed by atoms with Gasteiger partial charge in [-0.05, 0) is 25.2 Å². The summed E-state index contributed by atoms with van der Waals surface area (Å²) in [6, 6.07) is 0.536. The molecule has 39 heavy (non-hydrogen) atoms. The van der Waals surface area contributed by atoms with Gasteiger partial charge in [0.05, 0.1) is 44.1 Å². The van der Waals surface area contributed by atoms with Crippen molar-refractivity contribution in [2.24, 2.45) is 15.7 Å². The van der Waals surface area contributed by atoms with Gasteiger partial charge in [-0.3, -0.25) is 9.89 Å². The number of rotatable bonds is 10. The van der Waals surface area contributed by atoms with Gasteiger partial charge >= 0.3 is 0 Å². The quantitative estimate of drug-likeness (QED) is 0.307. The lowest BCUT2D eigenvalue weighted by molar-refractivity contribution is -0.0749. The van der Waals surface area contributed by atoms with Gasteiger partial charge in [-0.1, -0.05) is 0 Å². The predicted molar refractivity (Wildman–Crippen MR) is 151 cm³/mol. The highest BCUT2D eigenvalue weighted by Crippen LogP contribution is 2.27. The number of piperazine rings is 1. The van der Waals surface area contributed by atoms with E-state index < -0.39 is 0 Å². The topological polar surface area (TPSA) is 138 Å². The van der Waals surface area contributed by atoms with Crippen molar-refractivity contribution in [2.75, 3.05) is 57.9 Å². The van der Waals surface area contributed by atoms with Gasteiger partial charge < -0.3 is 34.9 Å².